The molecule has 0 aliphatic carbocycles. The van der Waals surface area contributed by atoms with Gasteiger partial charge >= 0.3 is 0 Å². The second-order valence-electron chi connectivity index (χ2n) is 4.66. The molecule has 2 aromatic rings. The summed E-state index contributed by atoms with van der Waals surface area (Å²) in [5.41, 5.74) is 1.83. The van der Waals surface area contributed by atoms with Crippen LogP contribution in [0.2, 0.25) is 5.02 Å². The molecule has 21 heavy (non-hydrogen) atoms. The molecule has 0 heterocycles. The highest BCUT2D eigenvalue weighted by Gasteiger charge is 2.23. The topological polar surface area (TPSA) is 26.3 Å². The normalized spacial score (nSPS) is 10.6. The first-order valence-corrected chi connectivity index (χ1v) is 7.37. The number of aryl methyl sites for hydroxylation is 1. The number of benzene rings is 2. The van der Waals surface area contributed by atoms with E-state index < -0.39 is 11.6 Å². The minimum atomic E-state index is -0.647. The van der Waals surface area contributed by atoms with E-state index in [9.17, 15) is 9.18 Å². The maximum Gasteiger partial charge on any atom is 0.200 e. The number of hydrogen-bond donors (Lipinski definition) is 0. The van der Waals surface area contributed by atoms with Gasteiger partial charge in [-0.1, -0.05) is 27.5 Å². The average molecular weight is 372 g/mol. The van der Waals surface area contributed by atoms with Gasteiger partial charge in [-0.2, -0.15) is 0 Å². The molecule has 0 N–H and O–H groups in total. The highest BCUT2D eigenvalue weighted by Crippen LogP contribution is 2.34. The van der Waals surface area contributed by atoms with E-state index in [-0.39, 0.29) is 10.6 Å². The van der Waals surface area contributed by atoms with Crippen molar-refractivity contribution in [2.45, 2.75) is 13.8 Å². The number of methoxy groups -OCH3 is 1. The van der Waals surface area contributed by atoms with Crippen molar-refractivity contribution in [2.75, 3.05) is 7.11 Å². The van der Waals surface area contributed by atoms with E-state index in [1.807, 2.05) is 13.0 Å². The Balaban J connectivity index is 2.68. The smallest absolute Gasteiger partial charge is 0.200 e. The number of rotatable bonds is 3. The Kier molecular flexibility index (Phi) is 4.69. The molecular weight excluding hydrogens is 359 g/mol. The van der Waals surface area contributed by atoms with Gasteiger partial charge in [0.1, 0.15) is 11.6 Å². The lowest BCUT2D eigenvalue weighted by Crippen LogP contribution is -2.10. The molecule has 0 saturated carbocycles. The molecule has 0 bridgehead atoms. The fraction of sp³-hybridized carbons (Fsp3) is 0.188. The SMILES string of the molecule is COc1c(C)cc(Br)c(C)c1C(=O)c1ccc(Cl)cc1F. The van der Waals surface area contributed by atoms with Gasteiger partial charge in [-0.3, -0.25) is 4.79 Å². The summed E-state index contributed by atoms with van der Waals surface area (Å²) in [6.45, 7) is 3.62. The third-order valence-corrected chi connectivity index (χ3v) is 4.33. The molecule has 110 valence electrons. The molecule has 5 heteroatoms. The van der Waals surface area contributed by atoms with Gasteiger partial charge in [0.05, 0.1) is 18.2 Å². The summed E-state index contributed by atoms with van der Waals surface area (Å²) >= 11 is 9.13. The lowest BCUT2D eigenvalue weighted by atomic mass is 9.95. The van der Waals surface area contributed by atoms with E-state index in [4.69, 9.17) is 16.3 Å². The van der Waals surface area contributed by atoms with Crippen molar-refractivity contribution in [2.24, 2.45) is 0 Å². The Hall–Kier alpha value is -1.39. The Morgan fingerprint density at radius 2 is 1.95 bits per heavy atom. The van der Waals surface area contributed by atoms with Crippen LogP contribution in [0.25, 0.3) is 0 Å². The van der Waals surface area contributed by atoms with Gasteiger partial charge in [0.15, 0.2) is 5.78 Å². The second kappa shape index (κ2) is 6.16. The minimum Gasteiger partial charge on any atom is -0.496 e. The Morgan fingerprint density at radius 3 is 2.52 bits per heavy atom. The van der Waals surface area contributed by atoms with Crippen molar-refractivity contribution in [3.63, 3.8) is 0 Å². The molecule has 0 aliphatic heterocycles. The first-order chi connectivity index (χ1) is 9.86. The second-order valence-corrected chi connectivity index (χ2v) is 5.95. The van der Waals surface area contributed by atoms with Crippen LogP contribution in [0.3, 0.4) is 0 Å². The summed E-state index contributed by atoms with van der Waals surface area (Å²) in [5, 5.41) is 0.248. The van der Waals surface area contributed by atoms with Crippen LogP contribution in [0.4, 0.5) is 4.39 Å². The van der Waals surface area contributed by atoms with Crippen LogP contribution < -0.4 is 4.74 Å². The first-order valence-electron chi connectivity index (χ1n) is 6.20. The lowest BCUT2D eigenvalue weighted by Gasteiger charge is -2.15. The number of ether oxygens (including phenoxy) is 1. The van der Waals surface area contributed by atoms with Gasteiger partial charge in [-0.15, -0.1) is 0 Å². The van der Waals surface area contributed by atoms with Crippen LogP contribution in [-0.2, 0) is 0 Å². The predicted octanol–water partition coefficient (Wildman–Crippen LogP) is 5.10. The zero-order chi connectivity index (χ0) is 15.7. The largest absolute Gasteiger partial charge is 0.496 e. The fourth-order valence-electron chi connectivity index (χ4n) is 2.20. The highest BCUT2D eigenvalue weighted by atomic mass is 79.9. The van der Waals surface area contributed by atoms with Crippen molar-refractivity contribution in [3.05, 3.63) is 61.8 Å². The summed E-state index contributed by atoms with van der Waals surface area (Å²) < 4.78 is 20.1. The molecule has 0 unspecified atom stereocenters. The minimum absolute atomic E-state index is 0.0294. The van der Waals surface area contributed by atoms with E-state index in [1.165, 1.54) is 19.2 Å². The third-order valence-electron chi connectivity index (χ3n) is 3.27. The van der Waals surface area contributed by atoms with Gasteiger partial charge in [0.2, 0.25) is 0 Å². The summed E-state index contributed by atoms with van der Waals surface area (Å²) in [6.07, 6.45) is 0. The molecule has 0 amide bonds. The van der Waals surface area contributed by atoms with Crippen molar-refractivity contribution >= 4 is 33.3 Å². The van der Waals surface area contributed by atoms with Gasteiger partial charge in [0, 0.05) is 9.50 Å². The molecule has 0 radical (unpaired) electrons. The number of carbonyl (C=O) groups is 1. The molecule has 2 nitrogen and oxygen atoms in total. The van der Waals surface area contributed by atoms with Crippen molar-refractivity contribution in [1.82, 2.24) is 0 Å². The van der Waals surface area contributed by atoms with Gasteiger partial charge in [-0.25, -0.2) is 4.39 Å². The molecular formula is C16H13BrClFO2. The van der Waals surface area contributed by atoms with Gasteiger partial charge < -0.3 is 4.74 Å². The van der Waals surface area contributed by atoms with E-state index in [0.29, 0.717) is 16.9 Å². The van der Waals surface area contributed by atoms with Gasteiger partial charge in [-0.05, 0) is 49.2 Å². The van der Waals surface area contributed by atoms with Crippen molar-refractivity contribution in [3.8, 4) is 5.75 Å². The summed E-state index contributed by atoms with van der Waals surface area (Å²) in [6, 6.07) is 5.87. The molecule has 2 rings (SSSR count). The third kappa shape index (κ3) is 2.97. The van der Waals surface area contributed by atoms with Crippen molar-refractivity contribution < 1.29 is 13.9 Å². The molecule has 0 atom stereocenters. The molecule has 0 saturated heterocycles. The average Bonchev–Trinajstić information content (AvgIpc) is 2.41. The Bertz CT molecular complexity index is 729. The fourth-order valence-corrected chi connectivity index (χ4v) is 2.90. The number of hydrogen-bond acceptors (Lipinski definition) is 2. The predicted molar refractivity (Wildman–Crippen MR) is 85.0 cm³/mol. The highest BCUT2D eigenvalue weighted by molar-refractivity contribution is 9.10. The van der Waals surface area contributed by atoms with E-state index in [0.717, 1.165) is 16.1 Å². The Labute approximate surface area is 136 Å². The molecule has 0 spiro atoms. The lowest BCUT2D eigenvalue weighted by molar-refractivity contribution is 0.103. The summed E-state index contributed by atoms with van der Waals surface area (Å²) in [4.78, 5) is 12.7. The van der Waals surface area contributed by atoms with Crippen molar-refractivity contribution in [1.29, 1.82) is 0 Å². The van der Waals surface area contributed by atoms with Crippen LogP contribution in [0, 0.1) is 19.7 Å². The quantitative estimate of drug-likeness (QED) is 0.702. The maximum absolute atomic E-state index is 14.0. The molecule has 0 fully saturated rings. The molecule has 0 aromatic heterocycles. The summed E-state index contributed by atoms with van der Waals surface area (Å²) in [7, 11) is 1.49. The molecule has 2 aromatic carbocycles. The van der Waals surface area contributed by atoms with E-state index >= 15 is 0 Å². The summed E-state index contributed by atoms with van der Waals surface area (Å²) in [5.74, 6) is -0.621. The zero-order valence-corrected chi connectivity index (χ0v) is 14.1. The Morgan fingerprint density at radius 1 is 1.29 bits per heavy atom. The number of ketones is 1. The number of halogens is 3. The monoisotopic (exact) mass is 370 g/mol. The number of carbonyl (C=O) groups excluding carboxylic acids is 1. The van der Waals surface area contributed by atoms with E-state index in [1.54, 1.807) is 6.92 Å². The van der Waals surface area contributed by atoms with E-state index in [2.05, 4.69) is 15.9 Å². The van der Waals surface area contributed by atoms with Crippen LogP contribution in [0.1, 0.15) is 27.0 Å². The molecule has 0 aliphatic rings. The van der Waals surface area contributed by atoms with Crippen LogP contribution in [0.15, 0.2) is 28.7 Å². The standard InChI is InChI=1S/C16H13BrClFO2/c1-8-6-12(17)9(2)14(16(8)21-3)15(20)11-5-4-10(18)7-13(11)19/h4-7H,1-3H3. The first kappa shape index (κ1) is 16.0. The van der Waals surface area contributed by atoms with Gasteiger partial charge in [0.25, 0.3) is 0 Å². The van der Waals surface area contributed by atoms with Crippen LogP contribution in [-0.4, -0.2) is 12.9 Å². The van der Waals surface area contributed by atoms with Crippen LogP contribution >= 0.6 is 27.5 Å². The van der Waals surface area contributed by atoms with Crippen LogP contribution in [0.5, 0.6) is 5.75 Å². The maximum atomic E-state index is 14.0. The zero-order valence-electron chi connectivity index (χ0n) is 11.8.